The Balaban J connectivity index is 1.88. The van der Waals surface area contributed by atoms with Gasteiger partial charge in [-0.15, -0.1) is 5.10 Å². The van der Waals surface area contributed by atoms with Gasteiger partial charge in [0.25, 0.3) is 5.91 Å². The molecule has 0 atom stereocenters. The van der Waals surface area contributed by atoms with Crippen molar-refractivity contribution in [2.75, 3.05) is 11.9 Å². The molecule has 6 heteroatoms. The molecule has 0 bridgehead atoms. The summed E-state index contributed by atoms with van der Waals surface area (Å²) in [5, 5.41) is 10.3. The first-order chi connectivity index (χ1) is 10.0. The van der Waals surface area contributed by atoms with Gasteiger partial charge in [-0.1, -0.05) is 19.1 Å². The lowest BCUT2D eigenvalue weighted by atomic mass is 10.1. The van der Waals surface area contributed by atoms with Gasteiger partial charge in [0.15, 0.2) is 5.69 Å². The minimum Gasteiger partial charge on any atom is -0.494 e. The summed E-state index contributed by atoms with van der Waals surface area (Å²) in [6, 6.07) is 7.29. The Hall–Kier alpha value is -2.37. The molecule has 1 amide bonds. The van der Waals surface area contributed by atoms with Crippen molar-refractivity contribution < 1.29 is 9.53 Å². The first-order valence-electron chi connectivity index (χ1n) is 6.95. The lowest BCUT2D eigenvalue weighted by Gasteiger charge is -2.09. The maximum Gasteiger partial charge on any atom is 0.277 e. The van der Waals surface area contributed by atoms with Gasteiger partial charge in [-0.05, 0) is 36.6 Å². The lowest BCUT2D eigenvalue weighted by Crippen LogP contribution is -2.12. The number of nitrogens with one attached hydrogen (secondary N) is 1. The number of rotatable bonds is 6. The lowest BCUT2D eigenvalue weighted by molar-refractivity contribution is 0.102. The van der Waals surface area contributed by atoms with Crippen LogP contribution < -0.4 is 10.1 Å². The van der Waals surface area contributed by atoms with Gasteiger partial charge in [-0.3, -0.25) is 9.48 Å². The molecule has 1 aromatic heterocycles. The summed E-state index contributed by atoms with van der Waals surface area (Å²) < 4.78 is 7.11. The van der Waals surface area contributed by atoms with Crippen molar-refractivity contribution in [2.45, 2.75) is 20.3 Å². The standard InChI is InChI=1S/C15H20N4O2/c1-11(2)8-9-21-13-6-4-12(5-7-13)16-15(20)14-10-19(3)18-17-14/h4-7,10-11H,8-9H2,1-3H3,(H,16,20). The second-order valence-corrected chi connectivity index (χ2v) is 5.29. The van der Waals surface area contributed by atoms with Gasteiger partial charge in [0.1, 0.15) is 5.75 Å². The Morgan fingerprint density at radius 1 is 1.33 bits per heavy atom. The molecule has 6 nitrogen and oxygen atoms in total. The zero-order valence-electron chi connectivity index (χ0n) is 12.5. The van der Waals surface area contributed by atoms with Crippen LogP contribution in [-0.4, -0.2) is 27.5 Å². The Morgan fingerprint density at radius 2 is 2.05 bits per heavy atom. The van der Waals surface area contributed by atoms with E-state index in [2.05, 4.69) is 29.5 Å². The van der Waals surface area contributed by atoms with E-state index in [4.69, 9.17) is 4.74 Å². The van der Waals surface area contributed by atoms with Crippen LogP contribution in [-0.2, 0) is 7.05 Å². The number of hydrogen-bond donors (Lipinski definition) is 1. The molecule has 0 aliphatic heterocycles. The molecule has 2 rings (SSSR count). The summed E-state index contributed by atoms with van der Waals surface area (Å²) in [5.74, 6) is 1.14. The van der Waals surface area contributed by atoms with E-state index < -0.39 is 0 Å². The highest BCUT2D eigenvalue weighted by Crippen LogP contribution is 2.17. The summed E-state index contributed by atoms with van der Waals surface area (Å²) in [7, 11) is 1.72. The van der Waals surface area contributed by atoms with Crippen molar-refractivity contribution in [3.63, 3.8) is 0 Å². The summed E-state index contributed by atoms with van der Waals surface area (Å²) in [4.78, 5) is 11.9. The van der Waals surface area contributed by atoms with Gasteiger partial charge >= 0.3 is 0 Å². The van der Waals surface area contributed by atoms with Crippen LogP contribution in [0.4, 0.5) is 5.69 Å². The number of nitrogens with zero attached hydrogens (tertiary/aromatic N) is 3. The van der Waals surface area contributed by atoms with E-state index in [1.807, 2.05) is 12.1 Å². The van der Waals surface area contributed by atoms with E-state index in [1.54, 1.807) is 25.4 Å². The average molecular weight is 288 g/mol. The highest BCUT2D eigenvalue weighted by atomic mass is 16.5. The first-order valence-corrected chi connectivity index (χ1v) is 6.95. The fourth-order valence-corrected chi connectivity index (χ4v) is 1.69. The number of hydrogen-bond acceptors (Lipinski definition) is 4. The predicted molar refractivity (Wildman–Crippen MR) is 80.3 cm³/mol. The highest BCUT2D eigenvalue weighted by Gasteiger charge is 2.09. The van der Waals surface area contributed by atoms with E-state index >= 15 is 0 Å². The number of aromatic nitrogens is 3. The van der Waals surface area contributed by atoms with Crippen molar-refractivity contribution in [1.82, 2.24) is 15.0 Å². The van der Waals surface area contributed by atoms with Crippen LogP contribution in [0.3, 0.4) is 0 Å². The van der Waals surface area contributed by atoms with Gasteiger partial charge in [-0.2, -0.15) is 0 Å². The molecular weight excluding hydrogens is 268 g/mol. The Kier molecular flexibility index (Phi) is 4.92. The summed E-state index contributed by atoms with van der Waals surface area (Å²) in [6.07, 6.45) is 2.59. The molecule has 0 saturated carbocycles. The van der Waals surface area contributed by atoms with E-state index in [-0.39, 0.29) is 11.6 Å². The second kappa shape index (κ2) is 6.88. The minimum absolute atomic E-state index is 0.281. The number of aryl methyl sites for hydroxylation is 1. The number of carbonyl (C=O) groups is 1. The minimum atomic E-state index is -0.281. The number of carbonyl (C=O) groups excluding carboxylic acids is 1. The Labute approximate surface area is 124 Å². The molecule has 1 N–H and O–H groups in total. The first kappa shape index (κ1) is 15.0. The fraction of sp³-hybridized carbons (Fsp3) is 0.400. The van der Waals surface area contributed by atoms with Crippen LogP contribution in [0.5, 0.6) is 5.75 Å². The molecule has 0 spiro atoms. The molecule has 1 aromatic carbocycles. The third kappa shape index (κ3) is 4.59. The molecule has 0 fully saturated rings. The van der Waals surface area contributed by atoms with Crippen molar-refractivity contribution >= 4 is 11.6 Å². The van der Waals surface area contributed by atoms with E-state index in [1.165, 1.54) is 4.68 Å². The summed E-state index contributed by atoms with van der Waals surface area (Å²) >= 11 is 0. The number of anilines is 1. The number of benzene rings is 1. The van der Waals surface area contributed by atoms with Crippen LogP contribution in [0.15, 0.2) is 30.5 Å². The molecular formula is C15H20N4O2. The van der Waals surface area contributed by atoms with E-state index in [0.29, 0.717) is 18.2 Å². The van der Waals surface area contributed by atoms with Crippen LogP contribution in [0.2, 0.25) is 0 Å². The number of ether oxygens (including phenoxy) is 1. The molecule has 21 heavy (non-hydrogen) atoms. The van der Waals surface area contributed by atoms with E-state index in [0.717, 1.165) is 12.2 Å². The normalized spacial score (nSPS) is 10.7. The van der Waals surface area contributed by atoms with Gasteiger partial charge in [0.2, 0.25) is 0 Å². The molecule has 0 saturated heterocycles. The molecule has 0 aliphatic rings. The largest absolute Gasteiger partial charge is 0.494 e. The third-order valence-electron chi connectivity index (χ3n) is 2.91. The van der Waals surface area contributed by atoms with Gasteiger partial charge in [0.05, 0.1) is 12.8 Å². The average Bonchev–Trinajstić information content (AvgIpc) is 2.87. The highest BCUT2D eigenvalue weighted by molar-refractivity contribution is 6.02. The monoisotopic (exact) mass is 288 g/mol. The Bertz CT molecular complexity index is 590. The SMILES string of the molecule is CC(C)CCOc1ccc(NC(=O)c2cn(C)nn2)cc1. The number of amides is 1. The fourth-order valence-electron chi connectivity index (χ4n) is 1.69. The molecule has 112 valence electrons. The molecule has 1 heterocycles. The maximum atomic E-state index is 11.9. The topological polar surface area (TPSA) is 69.0 Å². The van der Waals surface area contributed by atoms with Crippen molar-refractivity contribution in [3.8, 4) is 5.75 Å². The van der Waals surface area contributed by atoms with Crippen LogP contribution in [0.25, 0.3) is 0 Å². The summed E-state index contributed by atoms with van der Waals surface area (Å²) in [6.45, 7) is 5.02. The second-order valence-electron chi connectivity index (χ2n) is 5.29. The zero-order valence-corrected chi connectivity index (χ0v) is 12.5. The predicted octanol–water partition coefficient (Wildman–Crippen LogP) is 2.49. The van der Waals surface area contributed by atoms with Crippen molar-refractivity contribution in [1.29, 1.82) is 0 Å². The smallest absolute Gasteiger partial charge is 0.277 e. The van der Waals surface area contributed by atoms with Crippen LogP contribution in [0, 0.1) is 5.92 Å². The summed E-state index contributed by atoms with van der Waals surface area (Å²) in [5.41, 5.74) is 0.983. The van der Waals surface area contributed by atoms with E-state index in [9.17, 15) is 4.79 Å². The van der Waals surface area contributed by atoms with Crippen molar-refractivity contribution in [3.05, 3.63) is 36.2 Å². The quantitative estimate of drug-likeness (QED) is 0.886. The van der Waals surface area contributed by atoms with Gasteiger partial charge in [0, 0.05) is 12.7 Å². The van der Waals surface area contributed by atoms with Crippen LogP contribution in [0.1, 0.15) is 30.8 Å². The van der Waals surface area contributed by atoms with Gasteiger partial charge in [-0.25, -0.2) is 0 Å². The zero-order chi connectivity index (χ0) is 15.2. The van der Waals surface area contributed by atoms with Crippen molar-refractivity contribution in [2.24, 2.45) is 13.0 Å². The third-order valence-corrected chi connectivity index (χ3v) is 2.91. The molecule has 0 unspecified atom stereocenters. The molecule has 2 aromatic rings. The maximum absolute atomic E-state index is 11.9. The Morgan fingerprint density at radius 3 is 2.62 bits per heavy atom. The molecule has 0 radical (unpaired) electrons. The van der Waals surface area contributed by atoms with Crippen LogP contribution >= 0.6 is 0 Å². The van der Waals surface area contributed by atoms with Gasteiger partial charge < -0.3 is 10.1 Å². The molecule has 0 aliphatic carbocycles.